The number of nitrogens with one attached hydrogen (secondary N) is 1. The van der Waals surface area contributed by atoms with Gasteiger partial charge in [-0.1, -0.05) is 0 Å². The lowest BCUT2D eigenvalue weighted by Crippen LogP contribution is -2.42. The number of aliphatic imine (C=N–C) groups is 1. The third kappa shape index (κ3) is 6.54. The van der Waals surface area contributed by atoms with Crippen LogP contribution in [0, 0.1) is 12.8 Å². The van der Waals surface area contributed by atoms with Crippen molar-refractivity contribution in [3.63, 3.8) is 0 Å². The van der Waals surface area contributed by atoms with Crippen LogP contribution in [-0.4, -0.2) is 63.0 Å². The summed E-state index contributed by atoms with van der Waals surface area (Å²) in [5, 5.41) is 4.41. The van der Waals surface area contributed by atoms with Gasteiger partial charge >= 0.3 is 0 Å². The zero-order chi connectivity index (χ0) is 16.2. The average Bonchev–Trinajstić information content (AvgIpc) is 3.02. The van der Waals surface area contributed by atoms with E-state index in [0.29, 0.717) is 18.1 Å². The van der Waals surface area contributed by atoms with E-state index in [4.69, 9.17) is 0 Å². The predicted molar refractivity (Wildman–Crippen MR) is 107 cm³/mol. The molecule has 0 aliphatic carbocycles. The Balaban J connectivity index is 0.00000264. The van der Waals surface area contributed by atoms with Gasteiger partial charge in [-0.25, -0.2) is 13.4 Å². The fraction of sp³-hybridized carbons (Fsp3) is 0.714. The quantitative estimate of drug-likeness (QED) is 0.400. The van der Waals surface area contributed by atoms with Gasteiger partial charge in [0.2, 0.25) is 0 Å². The molecule has 1 aliphatic heterocycles. The first-order valence-electron chi connectivity index (χ1n) is 7.43. The molecular formula is C14H25IN4O2S2. The SMILES string of the molecule is CN=C(NCC1CCS(=O)(=O)C1)N(C)CCc1ncc(C)s1.I. The van der Waals surface area contributed by atoms with Crippen LogP contribution in [0.15, 0.2) is 11.2 Å². The van der Waals surface area contributed by atoms with E-state index in [1.165, 1.54) is 4.88 Å². The topological polar surface area (TPSA) is 74.7 Å². The van der Waals surface area contributed by atoms with Gasteiger partial charge in [0.05, 0.1) is 16.5 Å². The first-order valence-corrected chi connectivity index (χ1v) is 10.1. The molecule has 1 N–H and O–H groups in total. The molecular weight excluding hydrogens is 447 g/mol. The molecule has 0 spiro atoms. The second-order valence-corrected chi connectivity index (χ2v) is 9.28. The van der Waals surface area contributed by atoms with Crippen molar-refractivity contribution in [3.05, 3.63) is 16.1 Å². The minimum atomic E-state index is -2.81. The molecule has 1 unspecified atom stereocenters. The normalized spacial score (nSPS) is 20.1. The number of aryl methyl sites for hydroxylation is 1. The van der Waals surface area contributed by atoms with Crippen molar-refractivity contribution in [1.82, 2.24) is 15.2 Å². The van der Waals surface area contributed by atoms with Crippen LogP contribution in [0.2, 0.25) is 0 Å². The first kappa shape index (κ1) is 20.6. The third-order valence-corrected chi connectivity index (χ3v) is 6.59. The highest BCUT2D eigenvalue weighted by Gasteiger charge is 2.27. The Morgan fingerprint density at radius 1 is 1.57 bits per heavy atom. The smallest absolute Gasteiger partial charge is 0.193 e. The van der Waals surface area contributed by atoms with Crippen molar-refractivity contribution in [2.75, 3.05) is 38.7 Å². The van der Waals surface area contributed by atoms with Crippen LogP contribution in [0.5, 0.6) is 0 Å². The summed E-state index contributed by atoms with van der Waals surface area (Å²) in [6.45, 7) is 3.54. The number of rotatable bonds is 5. The lowest BCUT2D eigenvalue weighted by atomic mass is 10.1. The summed E-state index contributed by atoms with van der Waals surface area (Å²) in [5.41, 5.74) is 0. The molecule has 0 radical (unpaired) electrons. The van der Waals surface area contributed by atoms with E-state index in [0.717, 1.165) is 30.4 Å². The van der Waals surface area contributed by atoms with E-state index in [2.05, 4.69) is 27.1 Å². The molecule has 23 heavy (non-hydrogen) atoms. The summed E-state index contributed by atoms with van der Waals surface area (Å²) >= 11 is 1.72. The Bertz CT molecular complexity index is 630. The number of sulfone groups is 1. The molecule has 1 aromatic heterocycles. The molecule has 132 valence electrons. The Morgan fingerprint density at radius 3 is 2.83 bits per heavy atom. The van der Waals surface area contributed by atoms with Crippen LogP contribution in [0.4, 0.5) is 0 Å². The van der Waals surface area contributed by atoms with E-state index in [-0.39, 0.29) is 29.9 Å². The van der Waals surface area contributed by atoms with E-state index in [1.54, 1.807) is 18.4 Å². The fourth-order valence-corrected chi connectivity index (χ4v) is 5.18. The van der Waals surface area contributed by atoms with Crippen LogP contribution >= 0.6 is 35.3 Å². The Morgan fingerprint density at radius 2 is 2.30 bits per heavy atom. The highest BCUT2D eigenvalue weighted by Crippen LogP contribution is 2.17. The number of halogens is 1. The molecule has 9 heteroatoms. The van der Waals surface area contributed by atoms with Crippen LogP contribution in [0.1, 0.15) is 16.3 Å². The van der Waals surface area contributed by atoms with Gasteiger partial charge < -0.3 is 10.2 Å². The van der Waals surface area contributed by atoms with Crippen molar-refractivity contribution in [2.45, 2.75) is 19.8 Å². The Kier molecular flexibility index (Phi) is 8.22. The van der Waals surface area contributed by atoms with Gasteiger partial charge in [0.25, 0.3) is 0 Å². The van der Waals surface area contributed by atoms with E-state index in [9.17, 15) is 8.42 Å². The molecule has 0 amide bonds. The fourth-order valence-electron chi connectivity index (χ4n) is 2.54. The van der Waals surface area contributed by atoms with Gasteiger partial charge in [0.1, 0.15) is 0 Å². The first-order chi connectivity index (χ1) is 10.4. The van der Waals surface area contributed by atoms with Crippen LogP contribution in [0.25, 0.3) is 0 Å². The summed E-state index contributed by atoms with van der Waals surface area (Å²) in [6, 6.07) is 0. The molecule has 0 saturated carbocycles. The van der Waals surface area contributed by atoms with Gasteiger partial charge in [0, 0.05) is 44.7 Å². The number of nitrogens with zero attached hydrogens (tertiary/aromatic N) is 3. The van der Waals surface area contributed by atoms with Crippen LogP contribution in [0.3, 0.4) is 0 Å². The van der Waals surface area contributed by atoms with Gasteiger partial charge in [-0.3, -0.25) is 4.99 Å². The number of hydrogen-bond acceptors (Lipinski definition) is 5. The number of likely N-dealkylation sites (N-methyl/N-ethyl adjacent to an activating group) is 1. The molecule has 1 atom stereocenters. The van der Waals surface area contributed by atoms with Crippen molar-refractivity contribution < 1.29 is 8.42 Å². The number of thiazole rings is 1. The summed E-state index contributed by atoms with van der Waals surface area (Å²) in [7, 11) is 0.920. The second-order valence-electron chi connectivity index (χ2n) is 5.73. The molecule has 0 bridgehead atoms. The molecule has 1 aromatic rings. The van der Waals surface area contributed by atoms with E-state index >= 15 is 0 Å². The molecule has 2 heterocycles. The number of guanidine groups is 1. The van der Waals surface area contributed by atoms with E-state index < -0.39 is 9.84 Å². The Hall–Kier alpha value is -0.420. The molecule has 1 aliphatic rings. The number of aromatic nitrogens is 1. The minimum Gasteiger partial charge on any atom is -0.356 e. The molecule has 1 saturated heterocycles. The largest absolute Gasteiger partial charge is 0.356 e. The maximum absolute atomic E-state index is 11.5. The minimum absolute atomic E-state index is 0. The monoisotopic (exact) mass is 472 g/mol. The zero-order valence-corrected chi connectivity index (χ0v) is 17.7. The highest BCUT2D eigenvalue weighted by atomic mass is 127. The van der Waals surface area contributed by atoms with Crippen molar-refractivity contribution in [3.8, 4) is 0 Å². The molecule has 1 fully saturated rings. The maximum atomic E-state index is 11.5. The highest BCUT2D eigenvalue weighted by molar-refractivity contribution is 14.0. The third-order valence-electron chi connectivity index (χ3n) is 3.78. The summed E-state index contributed by atoms with van der Waals surface area (Å²) < 4.78 is 23.0. The van der Waals surface area contributed by atoms with Crippen molar-refractivity contribution in [2.24, 2.45) is 10.9 Å². The molecule has 0 aromatic carbocycles. The number of hydrogen-bond donors (Lipinski definition) is 1. The lowest BCUT2D eigenvalue weighted by Gasteiger charge is -2.22. The van der Waals surface area contributed by atoms with E-state index in [1.807, 2.05) is 13.2 Å². The molecule has 2 rings (SSSR count). The van der Waals surface area contributed by atoms with Crippen molar-refractivity contribution >= 4 is 51.1 Å². The van der Waals surface area contributed by atoms with Gasteiger partial charge in [0.15, 0.2) is 15.8 Å². The maximum Gasteiger partial charge on any atom is 0.193 e. The van der Waals surface area contributed by atoms with Crippen LogP contribution in [-0.2, 0) is 16.3 Å². The zero-order valence-electron chi connectivity index (χ0n) is 13.8. The van der Waals surface area contributed by atoms with Gasteiger partial charge in [-0.15, -0.1) is 35.3 Å². The van der Waals surface area contributed by atoms with Crippen LogP contribution < -0.4 is 5.32 Å². The van der Waals surface area contributed by atoms with Crippen molar-refractivity contribution in [1.29, 1.82) is 0 Å². The second kappa shape index (κ2) is 9.16. The van der Waals surface area contributed by atoms with Gasteiger partial charge in [-0.05, 0) is 19.3 Å². The summed E-state index contributed by atoms with van der Waals surface area (Å²) in [4.78, 5) is 11.9. The summed E-state index contributed by atoms with van der Waals surface area (Å²) in [5.74, 6) is 1.60. The standard InChI is InChI=1S/C14H24N4O2S2.HI/c1-11-8-16-13(21-11)4-6-18(3)14(15-2)17-9-12-5-7-22(19,20)10-12;/h8,12H,4-7,9-10H2,1-3H3,(H,15,17);1H. The molecule has 6 nitrogen and oxygen atoms in total. The average molecular weight is 472 g/mol. The predicted octanol–water partition coefficient (Wildman–Crippen LogP) is 1.55. The Labute approximate surface area is 159 Å². The summed E-state index contributed by atoms with van der Waals surface area (Å²) in [6.07, 6.45) is 3.52. The van der Waals surface area contributed by atoms with Gasteiger partial charge in [-0.2, -0.15) is 0 Å². The lowest BCUT2D eigenvalue weighted by molar-refractivity contribution is 0.470.